The summed E-state index contributed by atoms with van der Waals surface area (Å²) in [6.07, 6.45) is 1.53. The number of benzene rings is 1. The van der Waals surface area contributed by atoms with Gasteiger partial charge in [-0.25, -0.2) is 0 Å². The lowest BCUT2D eigenvalue weighted by atomic mass is 10.0. The second-order valence-corrected chi connectivity index (χ2v) is 6.56. The average molecular weight is 360 g/mol. The van der Waals surface area contributed by atoms with Crippen LogP contribution in [-0.4, -0.2) is 67.5 Å². The van der Waals surface area contributed by atoms with Gasteiger partial charge in [-0.15, -0.1) is 0 Å². The van der Waals surface area contributed by atoms with E-state index in [1.807, 2.05) is 4.90 Å². The number of nitrogens with one attached hydrogen (secondary N) is 2. The van der Waals surface area contributed by atoms with Crippen molar-refractivity contribution in [2.45, 2.75) is 25.4 Å². The third kappa shape index (κ3) is 4.89. The SMILES string of the molecule is CN(C)C(=O)CNc1ccc(CN(C)C2CCC(=O)NC2=O)c(C=O)c1. The van der Waals surface area contributed by atoms with E-state index >= 15 is 0 Å². The standard InChI is InChI=1S/C18H24N4O4/c1-21(2)17(25)9-19-14-5-4-12(13(8-14)11-23)10-22(3)15-6-7-16(24)20-18(15)26/h4-5,8,11,15,19H,6-7,9-10H2,1-3H3,(H,20,24,26). The van der Waals surface area contributed by atoms with Gasteiger partial charge in [0, 0.05) is 38.3 Å². The van der Waals surface area contributed by atoms with E-state index in [0.29, 0.717) is 30.6 Å². The fourth-order valence-electron chi connectivity index (χ4n) is 2.78. The second-order valence-electron chi connectivity index (χ2n) is 6.56. The summed E-state index contributed by atoms with van der Waals surface area (Å²) in [6.45, 7) is 0.540. The molecule has 1 saturated heterocycles. The number of piperidine rings is 1. The van der Waals surface area contributed by atoms with Crippen molar-refractivity contribution in [3.8, 4) is 0 Å². The molecule has 0 saturated carbocycles. The van der Waals surface area contributed by atoms with Gasteiger partial charge in [0.05, 0.1) is 12.6 Å². The number of aldehydes is 1. The lowest BCUT2D eigenvalue weighted by molar-refractivity contribution is -0.137. The van der Waals surface area contributed by atoms with Gasteiger partial charge in [-0.05, 0) is 31.2 Å². The molecule has 1 fully saturated rings. The summed E-state index contributed by atoms with van der Waals surface area (Å²) >= 11 is 0. The molecule has 1 aliphatic heterocycles. The van der Waals surface area contributed by atoms with E-state index in [-0.39, 0.29) is 24.3 Å². The van der Waals surface area contributed by atoms with E-state index < -0.39 is 6.04 Å². The van der Waals surface area contributed by atoms with E-state index in [1.165, 1.54) is 4.90 Å². The zero-order valence-electron chi connectivity index (χ0n) is 15.2. The van der Waals surface area contributed by atoms with Crippen molar-refractivity contribution in [1.82, 2.24) is 15.1 Å². The average Bonchev–Trinajstić information content (AvgIpc) is 2.60. The van der Waals surface area contributed by atoms with Crippen molar-refractivity contribution >= 4 is 29.7 Å². The molecule has 8 heteroatoms. The number of imide groups is 1. The third-order valence-electron chi connectivity index (χ3n) is 4.38. The van der Waals surface area contributed by atoms with Gasteiger partial charge < -0.3 is 10.2 Å². The summed E-state index contributed by atoms with van der Waals surface area (Å²) in [5.41, 5.74) is 1.94. The monoisotopic (exact) mass is 360 g/mol. The van der Waals surface area contributed by atoms with Gasteiger partial charge in [0.2, 0.25) is 17.7 Å². The summed E-state index contributed by atoms with van der Waals surface area (Å²) in [4.78, 5) is 49.6. The van der Waals surface area contributed by atoms with Crippen molar-refractivity contribution in [1.29, 1.82) is 0 Å². The zero-order valence-corrected chi connectivity index (χ0v) is 15.2. The molecule has 1 heterocycles. The Bertz CT molecular complexity index is 717. The molecule has 26 heavy (non-hydrogen) atoms. The fraction of sp³-hybridized carbons (Fsp3) is 0.444. The Morgan fingerprint density at radius 2 is 2.04 bits per heavy atom. The maximum absolute atomic E-state index is 12.0. The van der Waals surface area contributed by atoms with E-state index in [0.717, 1.165) is 11.8 Å². The molecule has 1 unspecified atom stereocenters. The Morgan fingerprint density at radius 1 is 1.31 bits per heavy atom. The molecule has 1 aliphatic rings. The smallest absolute Gasteiger partial charge is 0.243 e. The van der Waals surface area contributed by atoms with Gasteiger partial charge in [0.15, 0.2) is 0 Å². The number of amides is 3. The predicted octanol–water partition coefficient (Wildman–Crippen LogP) is 0.236. The maximum Gasteiger partial charge on any atom is 0.243 e. The van der Waals surface area contributed by atoms with Crippen LogP contribution in [0.25, 0.3) is 0 Å². The summed E-state index contributed by atoms with van der Waals surface area (Å²) < 4.78 is 0. The molecular formula is C18H24N4O4. The van der Waals surface area contributed by atoms with Crippen molar-refractivity contribution < 1.29 is 19.2 Å². The molecule has 1 aromatic rings. The molecule has 8 nitrogen and oxygen atoms in total. The van der Waals surface area contributed by atoms with Gasteiger partial charge in [0.1, 0.15) is 6.29 Å². The van der Waals surface area contributed by atoms with Crippen LogP contribution in [0.1, 0.15) is 28.8 Å². The third-order valence-corrected chi connectivity index (χ3v) is 4.38. The Hall–Kier alpha value is -2.74. The number of nitrogens with zero attached hydrogens (tertiary/aromatic N) is 2. The molecule has 3 amide bonds. The zero-order chi connectivity index (χ0) is 19.3. The van der Waals surface area contributed by atoms with Gasteiger partial charge in [0.25, 0.3) is 0 Å². The lowest BCUT2D eigenvalue weighted by Crippen LogP contribution is -2.51. The Balaban J connectivity index is 2.05. The summed E-state index contributed by atoms with van der Waals surface area (Å²) in [5, 5.41) is 5.33. The molecular weight excluding hydrogens is 336 g/mol. The van der Waals surface area contributed by atoms with Crippen molar-refractivity contribution in [2.24, 2.45) is 0 Å². The highest BCUT2D eigenvalue weighted by Gasteiger charge is 2.29. The largest absolute Gasteiger partial charge is 0.376 e. The van der Waals surface area contributed by atoms with Gasteiger partial charge in [-0.1, -0.05) is 6.07 Å². The van der Waals surface area contributed by atoms with Gasteiger partial charge in [-0.2, -0.15) is 0 Å². The first-order chi connectivity index (χ1) is 12.3. The molecule has 1 atom stereocenters. The molecule has 1 aromatic carbocycles. The van der Waals surface area contributed by atoms with Crippen LogP contribution in [0.4, 0.5) is 5.69 Å². The molecule has 2 rings (SSSR count). The van der Waals surface area contributed by atoms with Crippen LogP contribution < -0.4 is 10.6 Å². The number of hydrogen-bond acceptors (Lipinski definition) is 6. The van der Waals surface area contributed by atoms with Crippen LogP contribution in [0.15, 0.2) is 18.2 Å². The molecule has 2 N–H and O–H groups in total. The summed E-state index contributed by atoms with van der Waals surface area (Å²) in [5.74, 6) is -0.632. The highest BCUT2D eigenvalue weighted by Crippen LogP contribution is 2.19. The fourth-order valence-corrected chi connectivity index (χ4v) is 2.78. The number of hydrogen-bond donors (Lipinski definition) is 2. The normalized spacial score (nSPS) is 17.0. The van der Waals surface area contributed by atoms with Crippen molar-refractivity contribution in [2.75, 3.05) is 33.0 Å². The minimum absolute atomic E-state index is 0.0701. The summed E-state index contributed by atoms with van der Waals surface area (Å²) in [6, 6.07) is 4.88. The lowest BCUT2D eigenvalue weighted by Gasteiger charge is -2.30. The van der Waals surface area contributed by atoms with Crippen molar-refractivity contribution in [3.05, 3.63) is 29.3 Å². The molecule has 140 valence electrons. The van der Waals surface area contributed by atoms with Crippen molar-refractivity contribution in [3.63, 3.8) is 0 Å². The van der Waals surface area contributed by atoms with E-state index in [2.05, 4.69) is 10.6 Å². The molecule has 0 bridgehead atoms. The summed E-state index contributed by atoms with van der Waals surface area (Å²) in [7, 11) is 5.14. The number of carbonyl (C=O) groups excluding carboxylic acids is 4. The highest BCUT2D eigenvalue weighted by atomic mass is 16.2. The number of carbonyl (C=O) groups is 4. The first kappa shape index (κ1) is 19.6. The van der Waals surface area contributed by atoms with Crippen LogP contribution >= 0.6 is 0 Å². The van der Waals surface area contributed by atoms with Gasteiger partial charge in [-0.3, -0.25) is 29.4 Å². The highest BCUT2D eigenvalue weighted by molar-refractivity contribution is 6.00. The van der Waals surface area contributed by atoms with Crippen LogP contribution in [0.2, 0.25) is 0 Å². The maximum atomic E-state index is 12.0. The number of likely N-dealkylation sites (N-methyl/N-ethyl adjacent to an activating group) is 2. The Kier molecular flexibility index (Phi) is 6.46. The first-order valence-electron chi connectivity index (χ1n) is 8.38. The van der Waals surface area contributed by atoms with Crippen LogP contribution in [-0.2, 0) is 20.9 Å². The Morgan fingerprint density at radius 3 is 2.65 bits per heavy atom. The number of rotatable bonds is 7. The van der Waals surface area contributed by atoms with Crippen LogP contribution in [0.3, 0.4) is 0 Å². The molecule has 0 radical (unpaired) electrons. The molecule has 0 aliphatic carbocycles. The predicted molar refractivity (Wildman–Crippen MR) is 96.7 cm³/mol. The topological polar surface area (TPSA) is 98.8 Å². The van der Waals surface area contributed by atoms with E-state index in [4.69, 9.17) is 0 Å². The Labute approximate surface area is 152 Å². The second kappa shape index (κ2) is 8.57. The molecule has 0 aromatic heterocycles. The van der Waals surface area contributed by atoms with Crippen LogP contribution in [0, 0.1) is 0 Å². The van der Waals surface area contributed by atoms with Crippen LogP contribution in [0.5, 0.6) is 0 Å². The van der Waals surface area contributed by atoms with E-state index in [1.54, 1.807) is 39.3 Å². The molecule has 0 spiro atoms. The van der Waals surface area contributed by atoms with E-state index in [9.17, 15) is 19.2 Å². The minimum Gasteiger partial charge on any atom is -0.376 e. The quantitative estimate of drug-likeness (QED) is 0.534. The minimum atomic E-state index is -0.400. The van der Waals surface area contributed by atoms with Gasteiger partial charge >= 0.3 is 0 Å². The first-order valence-corrected chi connectivity index (χ1v) is 8.38. The number of anilines is 1.